The molecule has 4 heterocycles. The SMILES string of the molecule is CCOC(=O)C1=C[C@@]2(C)CCCN3CCc4c(n1c1cccc(NS(=O)(=O)c5ccccc5)c41)[C@@H]32. The average molecular weight is 492 g/mol. The van der Waals surface area contributed by atoms with Gasteiger partial charge in [0.15, 0.2) is 0 Å². The third-order valence-electron chi connectivity index (χ3n) is 7.68. The zero-order valence-electron chi connectivity index (χ0n) is 20.0. The topological polar surface area (TPSA) is 80.6 Å². The fraction of sp³-hybridized carbons (Fsp3) is 0.370. The van der Waals surface area contributed by atoms with E-state index in [1.54, 1.807) is 30.3 Å². The molecule has 0 radical (unpaired) electrons. The lowest BCUT2D eigenvalue weighted by Gasteiger charge is -2.52. The first kappa shape index (κ1) is 22.4. The van der Waals surface area contributed by atoms with Gasteiger partial charge in [-0.3, -0.25) is 9.62 Å². The summed E-state index contributed by atoms with van der Waals surface area (Å²) in [7, 11) is -3.77. The minimum absolute atomic E-state index is 0.143. The lowest BCUT2D eigenvalue weighted by Crippen LogP contribution is -2.50. The highest BCUT2D eigenvalue weighted by atomic mass is 32.2. The van der Waals surface area contributed by atoms with E-state index in [0.29, 0.717) is 18.0 Å². The average Bonchev–Trinajstić information content (AvgIpc) is 3.19. The molecule has 3 aliphatic heterocycles. The van der Waals surface area contributed by atoms with E-state index in [1.807, 2.05) is 29.7 Å². The fourth-order valence-electron chi connectivity index (χ4n) is 6.34. The summed E-state index contributed by atoms with van der Waals surface area (Å²) in [5, 5.41) is 0.867. The molecule has 1 saturated heterocycles. The first-order valence-corrected chi connectivity index (χ1v) is 13.7. The molecule has 1 fully saturated rings. The molecule has 8 heteroatoms. The van der Waals surface area contributed by atoms with Crippen LogP contribution in [-0.4, -0.2) is 43.6 Å². The lowest BCUT2D eigenvalue weighted by molar-refractivity contribution is -0.136. The highest BCUT2D eigenvalue weighted by Gasteiger charge is 2.50. The molecule has 2 atom stereocenters. The van der Waals surface area contributed by atoms with Crippen molar-refractivity contribution < 1.29 is 17.9 Å². The van der Waals surface area contributed by atoms with Crippen LogP contribution in [0.3, 0.4) is 0 Å². The largest absolute Gasteiger partial charge is 0.461 e. The van der Waals surface area contributed by atoms with Gasteiger partial charge >= 0.3 is 5.97 Å². The normalized spacial score (nSPS) is 23.5. The van der Waals surface area contributed by atoms with Crippen LogP contribution in [0.5, 0.6) is 0 Å². The van der Waals surface area contributed by atoms with E-state index < -0.39 is 10.0 Å². The molecular weight excluding hydrogens is 462 g/mol. The van der Waals surface area contributed by atoms with Crippen molar-refractivity contribution in [3.05, 3.63) is 65.9 Å². The van der Waals surface area contributed by atoms with E-state index in [1.165, 1.54) is 0 Å². The van der Waals surface area contributed by atoms with Gasteiger partial charge in [0.2, 0.25) is 0 Å². The Balaban J connectivity index is 1.59. The first-order chi connectivity index (χ1) is 16.8. The van der Waals surface area contributed by atoms with Crippen LogP contribution >= 0.6 is 0 Å². The quantitative estimate of drug-likeness (QED) is 0.530. The fourth-order valence-corrected chi connectivity index (χ4v) is 7.43. The van der Waals surface area contributed by atoms with Gasteiger partial charge in [0.1, 0.15) is 5.70 Å². The van der Waals surface area contributed by atoms with Gasteiger partial charge in [0, 0.05) is 23.0 Å². The molecule has 0 saturated carbocycles. The third kappa shape index (κ3) is 3.34. The molecule has 1 N–H and O–H groups in total. The van der Waals surface area contributed by atoms with Gasteiger partial charge in [-0.25, -0.2) is 13.2 Å². The molecule has 0 spiro atoms. The minimum Gasteiger partial charge on any atom is -0.461 e. The molecule has 7 nitrogen and oxygen atoms in total. The van der Waals surface area contributed by atoms with E-state index in [9.17, 15) is 13.2 Å². The molecule has 0 unspecified atom stereocenters. The predicted octanol–water partition coefficient (Wildman–Crippen LogP) is 4.56. The summed E-state index contributed by atoms with van der Waals surface area (Å²) < 4.78 is 36.8. The lowest BCUT2D eigenvalue weighted by atomic mass is 9.69. The Morgan fingerprint density at radius 2 is 1.94 bits per heavy atom. The highest BCUT2D eigenvalue weighted by molar-refractivity contribution is 7.92. The van der Waals surface area contributed by atoms with E-state index in [0.717, 1.165) is 54.5 Å². The van der Waals surface area contributed by atoms with Gasteiger partial charge in [-0.1, -0.05) is 31.2 Å². The van der Waals surface area contributed by atoms with Crippen molar-refractivity contribution in [3.8, 4) is 0 Å². The highest BCUT2D eigenvalue weighted by Crippen LogP contribution is 2.56. The van der Waals surface area contributed by atoms with Crippen LogP contribution in [0.4, 0.5) is 5.69 Å². The number of ether oxygens (including phenoxy) is 1. The molecular formula is C27H29N3O4S. The summed E-state index contributed by atoms with van der Waals surface area (Å²) in [5.74, 6) is -0.343. The van der Waals surface area contributed by atoms with Gasteiger partial charge in [0.25, 0.3) is 10.0 Å². The Kier molecular flexibility index (Phi) is 5.09. The predicted molar refractivity (Wildman–Crippen MR) is 135 cm³/mol. The second kappa shape index (κ2) is 7.96. The van der Waals surface area contributed by atoms with Crippen molar-refractivity contribution in [2.24, 2.45) is 5.41 Å². The summed E-state index contributed by atoms with van der Waals surface area (Å²) in [5.41, 5.74) is 3.93. The van der Waals surface area contributed by atoms with Gasteiger partial charge in [-0.2, -0.15) is 0 Å². The van der Waals surface area contributed by atoms with E-state index in [2.05, 4.69) is 22.6 Å². The summed E-state index contributed by atoms with van der Waals surface area (Å²) in [6.07, 6.45) is 4.97. The zero-order valence-corrected chi connectivity index (χ0v) is 20.8. The second-order valence-electron chi connectivity index (χ2n) is 9.87. The maximum absolute atomic E-state index is 13.2. The Bertz CT molecular complexity index is 1480. The minimum atomic E-state index is -3.77. The number of aromatic nitrogens is 1. The Hall–Kier alpha value is -3.10. The number of hydrogen-bond acceptors (Lipinski definition) is 5. The standard InChI is InChI=1S/C27H29N3O4S/c1-3-34-26(31)22-17-27(2)14-8-15-29-16-13-19-23-20(28-35(32,33)18-9-5-4-6-10-18)11-7-12-21(23)30(22)24(19)25(27)29/h4-7,9-12,17,25,28H,3,8,13-16H2,1-2H3/t25-,27-/m1/s1. The Morgan fingerprint density at radius 1 is 1.14 bits per heavy atom. The van der Waals surface area contributed by atoms with Gasteiger partial charge in [-0.15, -0.1) is 0 Å². The van der Waals surface area contributed by atoms with Crippen molar-refractivity contribution >= 4 is 38.3 Å². The number of rotatable bonds is 5. The van der Waals surface area contributed by atoms with Crippen molar-refractivity contribution in [1.82, 2.24) is 9.47 Å². The summed E-state index contributed by atoms with van der Waals surface area (Å²) >= 11 is 0. The van der Waals surface area contributed by atoms with Crippen LogP contribution in [0.1, 0.15) is 44.0 Å². The number of fused-ring (bicyclic) bond motifs is 3. The maximum Gasteiger partial charge on any atom is 0.354 e. The summed E-state index contributed by atoms with van der Waals surface area (Å²) in [6, 6.07) is 14.2. The number of esters is 1. The van der Waals surface area contributed by atoms with E-state index in [4.69, 9.17) is 4.74 Å². The van der Waals surface area contributed by atoms with Crippen molar-refractivity contribution in [3.63, 3.8) is 0 Å². The first-order valence-electron chi connectivity index (χ1n) is 12.2. The van der Waals surface area contributed by atoms with E-state index >= 15 is 0 Å². The van der Waals surface area contributed by atoms with Gasteiger partial charge in [-0.05, 0) is 68.6 Å². The number of nitrogens with one attached hydrogen (secondary N) is 1. The van der Waals surface area contributed by atoms with Crippen LogP contribution in [0.25, 0.3) is 16.6 Å². The van der Waals surface area contributed by atoms with Crippen LogP contribution < -0.4 is 4.72 Å². The van der Waals surface area contributed by atoms with Gasteiger partial charge < -0.3 is 9.30 Å². The molecule has 0 bridgehead atoms. The molecule has 182 valence electrons. The van der Waals surface area contributed by atoms with Gasteiger partial charge in [0.05, 0.1) is 28.7 Å². The summed E-state index contributed by atoms with van der Waals surface area (Å²) in [6.45, 7) is 6.28. The van der Waals surface area contributed by atoms with Crippen molar-refractivity contribution in [1.29, 1.82) is 0 Å². The molecule has 3 aromatic rings. The number of carbonyl (C=O) groups is 1. The Morgan fingerprint density at radius 3 is 2.71 bits per heavy atom. The summed E-state index contributed by atoms with van der Waals surface area (Å²) in [4.78, 5) is 15.9. The van der Waals surface area contributed by atoms with Crippen LogP contribution in [0.2, 0.25) is 0 Å². The monoisotopic (exact) mass is 491 g/mol. The van der Waals surface area contributed by atoms with Crippen molar-refractivity contribution in [2.75, 3.05) is 24.4 Å². The van der Waals surface area contributed by atoms with E-state index in [-0.39, 0.29) is 22.3 Å². The number of anilines is 1. The number of piperidine rings is 1. The molecule has 6 rings (SSSR count). The van der Waals surface area contributed by atoms with Crippen molar-refractivity contribution in [2.45, 2.75) is 44.0 Å². The molecule has 2 aromatic carbocycles. The number of benzene rings is 2. The Labute approximate surface area is 205 Å². The molecule has 1 aromatic heterocycles. The zero-order chi connectivity index (χ0) is 24.4. The van der Waals surface area contributed by atoms with Crippen LogP contribution in [0.15, 0.2) is 59.5 Å². The van der Waals surface area contributed by atoms with Crippen LogP contribution in [0, 0.1) is 5.41 Å². The molecule has 35 heavy (non-hydrogen) atoms. The maximum atomic E-state index is 13.2. The van der Waals surface area contributed by atoms with Crippen LogP contribution in [-0.2, 0) is 26.0 Å². The molecule has 0 aliphatic carbocycles. The number of carbonyl (C=O) groups excluding carboxylic acids is 1. The molecule has 3 aliphatic rings. The number of nitrogens with zero attached hydrogens (tertiary/aromatic N) is 2. The smallest absolute Gasteiger partial charge is 0.354 e. The number of sulfonamides is 1. The number of hydrogen-bond donors (Lipinski definition) is 1. The third-order valence-corrected chi connectivity index (χ3v) is 9.07. The molecule has 0 amide bonds. The second-order valence-corrected chi connectivity index (χ2v) is 11.5.